The Morgan fingerprint density at radius 1 is 1.46 bits per heavy atom. The fraction of sp³-hybridized carbons (Fsp3) is 0.429. The molecule has 0 aliphatic carbocycles. The van der Waals surface area contributed by atoms with E-state index in [1.165, 1.54) is 19.3 Å². The maximum absolute atomic E-state index is 13.6. The Morgan fingerprint density at radius 3 is 2.85 bits per heavy atom. The number of piperidine rings is 1. The Kier molecular flexibility index (Phi) is 5.29. The lowest BCUT2D eigenvalue weighted by molar-refractivity contribution is -0.151. The lowest BCUT2D eigenvalue weighted by Gasteiger charge is -2.36. The summed E-state index contributed by atoms with van der Waals surface area (Å²) in [6.45, 7) is 1.04. The Labute approximate surface area is 162 Å². The third-order valence-corrected chi connectivity index (χ3v) is 6.24. The van der Waals surface area contributed by atoms with Crippen LogP contribution in [0.3, 0.4) is 0 Å². The van der Waals surface area contributed by atoms with Gasteiger partial charge in [0.2, 0.25) is 0 Å². The van der Waals surface area contributed by atoms with Gasteiger partial charge in [0.15, 0.2) is 0 Å². The van der Waals surface area contributed by atoms with E-state index in [1.807, 2.05) is 0 Å². The van der Waals surface area contributed by atoms with Crippen molar-refractivity contribution >= 4 is 62.6 Å². The van der Waals surface area contributed by atoms with E-state index in [4.69, 9.17) is 5.73 Å². The van der Waals surface area contributed by atoms with E-state index in [2.05, 4.69) is 37.4 Å². The zero-order valence-corrected chi connectivity index (χ0v) is 16.8. The topological polar surface area (TPSA) is 106 Å². The highest BCUT2D eigenvalue weighted by molar-refractivity contribution is 14.2. The fourth-order valence-corrected chi connectivity index (χ4v) is 4.33. The minimum absolute atomic E-state index is 0.161. The summed E-state index contributed by atoms with van der Waals surface area (Å²) >= 11 is 2.12. The number of rotatable bonds is 2. The fourth-order valence-electron chi connectivity index (χ4n) is 2.81. The summed E-state index contributed by atoms with van der Waals surface area (Å²) in [5.41, 5.74) is 6.67. The molecule has 2 atom stereocenters. The number of nitrogens with one attached hydrogen (secondary N) is 1. The molecule has 3 N–H and O–H groups in total. The van der Waals surface area contributed by atoms with E-state index in [0.717, 1.165) is 4.90 Å². The summed E-state index contributed by atoms with van der Waals surface area (Å²) in [5, 5.41) is 7.25. The van der Waals surface area contributed by atoms with Crippen molar-refractivity contribution < 1.29 is 18.4 Å². The van der Waals surface area contributed by atoms with Crippen LogP contribution in [0.25, 0.3) is 10.9 Å². The van der Waals surface area contributed by atoms with E-state index < -0.39 is 30.1 Å². The van der Waals surface area contributed by atoms with Crippen LogP contribution >= 0.6 is 28.4 Å². The van der Waals surface area contributed by atoms with Crippen LogP contribution in [0.4, 0.5) is 20.3 Å². The summed E-state index contributed by atoms with van der Waals surface area (Å²) in [5.74, 6) is -5.31. The van der Waals surface area contributed by atoms with Crippen molar-refractivity contribution in [3.05, 3.63) is 12.4 Å². The first-order valence-electron chi connectivity index (χ1n) is 7.71. The number of fused-ring (bicyclic) bond motifs is 1. The second-order valence-electron chi connectivity index (χ2n) is 6.08. The van der Waals surface area contributed by atoms with E-state index in [9.17, 15) is 18.4 Å². The first-order chi connectivity index (χ1) is 12.2. The van der Waals surface area contributed by atoms with Gasteiger partial charge in [0.25, 0.3) is 5.92 Å². The van der Waals surface area contributed by atoms with Gasteiger partial charge in [-0.3, -0.25) is 9.59 Å². The highest BCUT2D eigenvalue weighted by atomic mass is 127. The van der Waals surface area contributed by atoms with Crippen LogP contribution in [0.15, 0.2) is 12.4 Å². The van der Waals surface area contributed by atoms with Gasteiger partial charge >= 0.3 is 11.8 Å². The van der Waals surface area contributed by atoms with Crippen molar-refractivity contribution in [2.24, 2.45) is 5.92 Å². The smallest absolute Gasteiger partial charge is 0.314 e. The number of nitrogens with two attached hydrogens (primary N) is 1. The Balaban J connectivity index is 1.80. The van der Waals surface area contributed by atoms with Gasteiger partial charge < -0.3 is 16.0 Å². The van der Waals surface area contributed by atoms with Crippen molar-refractivity contribution in [3.63, 3.8) is 0 Å². The highest BCUT2D eigenvalue weighted by Gasteiger charge is 2.43. The van der Waals surface area contributed by atoms with E-state index in [1.54, 1.807) is 4.45 Å². The van der Waals surface area contributed by atoms with Gasteiger partial charge in [-0.15, -0.1) is 0 Å². The van der Waals surface area contributed by atoms with Gasteiger partial charge in [0, 0.05) is 25.4 Å². The minimum Gasteiger partial charge on any atom is -0.383 e. The SMILES string of the molecule is CC1CN(C(=O)C(=O)Nc2cnc(N)c3cnn(PI)c23)CCC1(F)F. The molecule has 2 unspecified atom stereocenters. The van der Waals surface area contributed by atoms with Crippen molar-refractivity contribution in [2.45, 2.75) is 19.3 Å². The molecular weight excluding hydrogens is 480 g/mol. The molecular formula is C14H16F2IN6O2P. The summed E-state index contributed by atoms with van der Waals surface area (Å²) < 4.78 is 28.8. The van der Waals surface area contributed by atoms with Gasteiger partial charge in [0.1, 0.15) is 11.3 Å². The number of hydrogen-bond acceptors (Lipinski definition) is 5. The number of anilines is 2. The van der Waals surface area contributed by atoms with Crippen LogP contribution in [-0.2, 0) is 9.59 Å². The molecule has 0 bridgehead atoms. The molecule has 1 aliphatic heterocycles. The van der Waals surface area contributed by atoms with Gasteiger partial charge in [0.05, 0.1) is 29.8 Å². The zero-order valence-electron chi connectivity index (χ0n) is 13.7. The van der Waals surface area contributed by atoms with Gasteiger partial charge in [-0.25, -0.2) is 18.2 Å². The molecule has 140 valence electrons. The summed E-state index contributed by atoms with van der Waals surface area (Å²) in [4.78, 5) is 29.9. The van der Waals surface area contributed by atoms with Crippen molar-refractivity contribution in [1.29, 1.82) is 0 Å². The molecule has 3 heterocycles. The van der Waals surface area contributed by atoms with E-state index >= 15 is 0 Å². The molecule has 1 fully saturated rings. The second kappa shape index (κ2) is 7.18. The van der Waals surface area contributed by atoms with Crippen molar-refractivity contribution in [3.8, 4) is 0 Å². The lowest BCUT2D eigenvalue weighted by Crippen LogP contribution is -2.51. The molecule has 0 saturated carbocycles. The number of carbonyl (C=O) groups excluding carboxylic acids is 2. The number of likely N-dealkylation sites (tertiary alicyclic amines) is 1. The largest absolute Gasteiger partial charge is 0.383 e. The average molecular weight is 496 g/mol. The molecule has 2 aromatic heterocycles. The predicted octanol–water partition coefficient (Wildman–Crippen LogP) is 2.25. The highest BCUT2D eigenvalue weighted by Crippen LogP contribution is 2.35. The average Bonchev–Trinajstić information content (AvgIpc) is 3.04. The standard InChI is InChI=1S/C14H16F2IN6O2P/c1-7-6-22(3-2-14(7,15)16)13(25)12(24)21-9-5-19-11(18)8-4-20-23(26-17)10(8)9/h4-5,7,26H,2-3,6H2,1H3,(H2,18,19)(H,21,24). The maximum atomic E-state index is 13.6. The minimum atomic E-state index is -2.83. The summed E-state index contributed by atoms with van der Waals surface area (Å²) in [7, 11) is 0. The predicted molar refractivity (Wildman–Crippen MR) is 104 cm³/mol. The number of carbonyl (C=O) groups is 2. The van der Waals surface area contributed by atoms with Gasteiger partial charge in [-0.1, -0.05) is 6.92 Å². The quantitative estimate of drug-likeness (QED) is 0.377. The van der Waals surface area contributed by atoms with E-state index in [0.29, 0.717) is 16.6 Å². The molecule has 2 aromatic rings. The molecule has 12 heteroatoms. The summed E-state index contributed by atoms with van der Waals surface area (Å²) in [6, 6.07) is 0. The number of nitrogen functional groups attached to an aromatic ring is 1. The van der Waals surface area contributed by atoms with Crippen molar-refractivity contribution in [2.75, 3.05) is 24.1 Å². The number of pyridine rings is 1. The second-order valence-corrected chi connectivity index (χ2v) is 8.12. The van der Waals surface area contributed by atoms with Gasteiger partial charge in [-0.2, -0.15) is 5.10 Å². The number of alkyl halides is 2. The molecule has 8 nitrogen and oxygen atoms in total. The molecule has 2 amide bonds. The third-order valence-electron chi connectivity index (χ3n) is 4.37. The zero-order chi connectivity index (χ0) is 19.1. The Morgan fingerprint density at radius 2 is 2.19 bits per heavy atom. The van der Waals surface area contributed by atoms with Crippen LogP contribution in [0.2, 0.25) is 0 Å². The number of aromatic nitrogens is 3. The molecule has 0 radical (unpaired) electrons. The third kappa shape index (κ3) is 3.46. The normalized spacial score (nSPS) is 20.0. The van der Waals surface area contributed by atoms with Crippen molar-refractivity contribution in [1.82, 2.24) is 19.4 Å². The van der Waals surface area contributed by atoms with Gasteiger partial charge in [-0.05, 0) is 22.0 Å². The molecule has 0 spiro atoms. The van der Waals surface area contributed by atoms with Crippen LogP contribution in [0.1, 0.15) is 13.3 Å². The number of halogens is 3. The Bertz CT molecular complexity index is 876. The Hall–Kier alpha value is -1.62. The molecule has 1 saturated heterocycles. The summed E-state index contributed by atoms with van der Waals surface area (Å²) in [6.07, 6.45) is 2.68. The van der Waals surface area contributed by atoms with Crippen LogP contribution in [0, 0.1) is 5.92 Å². The maximum Gasteiger partial charge on any atom is 0.314 e. The number of amides is 2. The number of hydrogen-bond donors (Lipinski definition) is 2. The first-order valence-corrected chi connectivity index (χ1v) is 11.8. The van der Waals surface area contributed by atoms with E-state index in [-0.39, 0.29) is 25.3 Å². The molecule has 0 aromatic carbocycles. The molecule has 3 rings (SSSR count). The molecule has 26 heavy (non-hydrogen) atoms. The monoisotopic (exact) mass is 496 g/mol. The first kappa shape index (κ1) is 19.2. The lowest BCUT2D eigenvalue weighted by atomic mass is 9.95. The van der Waals surface area contributed by atoms with Crippen LogP contribution < -0.4 is 11.1 Å². The molecule has 1 aliphatic rings. The number of nitrogens with zero attached hydrogens (tertiary/aromatic N) is 4. The van der Waals surface area contributed by atoms with Crippen LogP contribution in [0.5, 0.6) is 0 Å². The van der Waals surface area contributed by atoms with Crippen LogP contribution in [-0.4, -0.2) is 50.3 Å².